The molecular formula is C16H22FN3O. The Morgan fingerprint density at radius 2 is 2.14 bits per heavy atom. The zero-order valence-electron chi connectivity index (χ0n) is 12.6. The Bertz CT molecular complexity index is 568. The summed E-state index contributed by atoms with van der Waals surface area (Å²) in [4.78, 5) is 0. The number of ether oxygens (including phenoxy) is 1. The molecule has 0 saturated carbocycles. The fourth-order valence-electron chi connectivity index (χ4n) is 2.06. The second-order valence-corrected chi connectivity index (χ2v) is 4.97. The van der Waals surface area contributed by atoms with Crippen molar-refractivity contribution >= 4 is 0 Å². The summed E-state index contributed by atoms with van der Waals surface area (Å²) in [5.74, 6) is 1.08. The highest BCUT2D eigenvalue weighted by Gasteiger charge is 2.08. The summed E-state index contributed by atoms with van der Waals surface area (Å²) < 4.78 is 21.1. The van der Waals surface area contributed by atoms with Crippen LogP contribution in [0.15, 0.2) is 30.6 Å². The topological polar surface area (TPSA) is 39.1 Å². The van der Waals surface area contributed by atoms with E-state index >= 15 is 0 Å². The lowest BCUT2D eigenvalue weighted by atomic mass is 10.2. The summed E-state index contributed by atoms with van der Waals surface area (Å²) in [7, 11) is 0. The number of hydrogen-bond donors (Lipinski definition) is 1. The average molecular weight is 291 g/mol. The van der Waals surface area contributed by atoms with E-state index in [1.165, 1.54) is 12.1 Å². The minimum Gasteiger partial charge on any atom is -0.454 e. The Labute approximate surface area is 124 Å². The van der Waals surface area contributed by atoms with Crippen LogP contribution in [0.5, 0.6) is 11.5 Å². The summed E-state index contributed by atoms with van der Waals surface area (Å²) in [5, 5.41) is 7.49. The highest BCUT2D eigenvalue weighted by atomic mass is 19.1. The van der Waals surface area contributed by atoms with Gasteiger partial charge in [-0.05, 0) is 37.6 Å². The van der Waals surface area contributed by atoms with Crippen molar-refractivity contribution in [2.45, 2.75) is 39.8 Å². The predicted octanol–water partition coefficient (Wildman–Crippen LogP) is 3.72. The van der Waals surface area contributed by atoms with E-state index < -0.39 is 0 Å². The van der Waals surface area contributed by atoms with Gasteiger partial charge >= 0.3 is 0 Å². The first kappa shape index (κ1) is 15.5. The molecule has 0 bridgehead atoms. The molecule has 5 heteroatoms. The summed E-state index contributed by atoms with van der Waals surface area (Å²) in [6.45, 7) is 6.53. The lowest BCUT2D eigenvalue weighted by molar-refractivity contribution is 0.468. The smallest absolute Gasteiger partial charge is 0.165 e. The Hall–Kier alpha value is -1.88. The molecule has 0 radical (unpaired) electrons. The summed E-state index contributed by atoms with van der Waals surface area (Å²) in [6, 6.07) is 4.58. The van der Waals surface area contributed by atoms with Crippen LogP contribution >= 0.6 is 0 Å². The van der Waals surface area contributed by atoms with Gasteiger partial charge in [0, 0.05) is 18.7 Å². The molecule has 0 aliphatic carbocycles. The van der Waals surface area contributed by atoms with E-state index in [0.29, 0.717) is 18.0 Å². The van der Waals surface area contributed by atoms with E-state index in [1.807, 2.05) is 10.9 Å². The van der Waals surface area contributed by atoms with Gasteiger partial charge in [0.05, 0.1) is 12.4 Å². The van der Waals surface area contributed by atoms with Crippen LogP contribution < -0.4 is 10.1 Å². The zero-order valence-corrected chi connectivity index (χ0v) is 12.6. The maximum Gasteiger partial charge on any atom is 0.165 e. The lowest BCUT2D eigenvalue weighted by Crippen LogP contribution is -2.14. The van der Waals surface area contributed by atoms with Gasteiger partial charge in [-0.1, -0.05) is 13.8 Å². The van der Waals surface area contributed by atoms with Crippen molar-refractivity contribution in [3.63, 3.8) is 0 Å². The highest BCUT2D eigenvalue weighted by Crippen LogP contribution is 2.25. The average Bonchev–Trinajstić information content (AvgIpc) is 2.90. The number of hydrogen-bond acceptors (Lipinski definition) is 3. The van der Waals surface area contributed by atoms with Gasteiger partial charge in [-0.15, -0.1) is 0 Å². The number of rotatable bonds is 8. The van der Waals surface area contributed by atoms with Crippen LogP contribution in [0.3, 0.4) is 0 Å². The maximum absolute atomic E-state index is 13.4. The maximum atomic E-state index is 13.4. The normalized spacial score (nSPS) is 10.8. The van der Waals surface area contributed by atoms with Crippen molar-refractivity contribution in [2.75, 3.05) is 6.54 Å². The van der Waals surface area contributed by atoms with Gasteiger partial charge in [0.2, 0.25) is 0 Å². The molecular weight excluding hydrogens is 269 g/mol. The molecule has 0 saturated heterocycles. The fraction of sp³-hybridized carbons (Fsp3) is 0.438. The number of benzene rings is 1. The molecule has 0 aliphatic heterocycles. The second-order valence-electron chi connectivity index (χ2n) is 4.97. The van der Waals surface area contributed by atoms with E-state index in [2.05, 4.69) is 24.3 Å². The lowest BCUT2D eigenvalue weighted by Gasteiger charge is -2.10. The Kier molecular flexibility index (Phi) is 5.75. The minimum absolute atomic E-state index is 0.252. The molecule has 1 N–H and O–H groups in total. The van der Waals surface area contributed by atoms with Crippen LogP contribution in [0.2, 0.25) is 0 Å². The third-order valence-corrected chi connectivity index (χ3v) is 3.05. The number of aromatic nitrogens is 2. The van der Waals surface area contributed by atoms with E-state index in [4.69, 9.17) is 4.74 Å². The van der Waals surface area contributed by atoms with Gasteiger partial charge in [-0.25, -0.2) is 4.39 Å². The molecule has 0 unspecified atom stereocenters. The molecule has 114 valence electrons. The molecule has 2 rings (SSSR count). The number of nitrogens with zero attached hydrogens (tertiary/aromatic N) is 2. The fourth-order valence-corrected chi connectivity index (χ4v) is 2.06. The third-order valence-electron chi connectivity index (χ3n) is 3.05. The summed E-state index contributed by atoms with van der Waals surface area (Å²) in [5.41, 5.74) is 0.812. The molecule has 0 amide bonds. The first-order chi connectivity index (χ1) is 10.2. The van der Waals surface area contributed by atoms with Gasteiger partial charge in [0.25, 0.3) is 0 Å². The quantitative estimate of drug-likeness (QED) is 0.753. The molecule has 1 aromatic heterocycles. The van der Waals surface area contributed by atoms with Gasteiger partial charge in [-0.2, -0.15) is 5.10 Å². The zero-order chi connectivity index (χ0) is 15.1. The third kappa shape index (κ3) is 4.56. The second kappa shape index (κ2) is 7.78. The SMILES string of the molecule is CCCNCc1cc(F)ccc1Oc1cnn(CCC)c1. The molecule has 4 nitrogen and oxygen atoms in total. The minimum atomic E-state index is -0.252. The van der Waals surface area contributed by atoms with Gasteiger partial charge in [0.1, 0.15) is 11.6 Å². The van der Waals surface area contributed by atoms with Crippen molar-refractivity contribution in [1.29, 1.82) is 0 Å². The van der Waals surface area contributed by atoms with Crippen molar-refractivity contribution in [1.82, 2.24) is 15.1 Å². The molecule has 0 atom stereocenters. The van der Waals surface area contributed by atoms with Crippen LogP contribution in [0.1, 0.15) is 32.3 Å². The molecule has 0 fully saturated rings. The Balaban J connectivity index is 2.10. The van der Waals surface area contributed by atoms with E-state index in [9.17, 15) is 4.39 Å². The van der Waals surface area contributed by atoms with E-state index in [0.717, 1.165) is 31.5 Å². The number of nitrogens with one attached hydrogen (secondary N) is 1. The molecule has 21 heavy (non-hydrogen) atoms. The van der Waals surface area contributed by atoms with Crippen LogP contribution in [0, 0.1) is 5.82 Å². The van der Waals surface area contributed by atoms with E-state index in [1.54, 1.807) is 12.3 Å². The van der Waals surface area contributed by atoms with Crippen molar-refractivity contribution < 1.29 is 9.13 Å². The van der Waals surface area contributed by atoms with Crippen LogP contribution in [-0.4, -0.2) is 16.3 Å². The van der Waals surface area contributed by atoms with Gasteiger partial charge in [-0.3, -0.25) is 4.68 Å². The van der Waals surface area contributed by atoms with Crippen molar-refractivity contribution in [3.05, 3.63) is 42.0 Å². The van der Waals surface area contributed by atoms with E-state index in [-0.39, 0.29) is 5.82 Å². The number of halogens is 1. The number of aryl methyl sites for hydroxylation is 1. The molecule has 1 heterocycles. The Morgan fingerprint density at radius 1 is 1.29 bits per heavy atom. The van der Waals surface area contributed by atoms with Crippen LogP contribution in [0.4, 0.5) is 4.39 Å². The first-order valence-corrected chi connectivity index (χ1v) is 7.42. The molecule has 1 aromatic carbocycles. The predicted molar refractivity (Wildman–Crippen MR) is 81.0 cm³/mol. The first-order valence-electron chi connectivity index (χ1n) is 7.42. The van der Waals surface area contributed by atoms with Crippen molar-refractivity contribution in [3.8, 4) is 11.5 Å². The monoisotopic (exact) mass is 291 g/mol. The molecule has 0 spiro atoms. The van der Waals surface area contributed by atoms with Crippen molar-refractivity contribution in [2.24, 2.45) is 0 Å². The van der Waals surface area contributed by atoms with Gasteiger partial charge < -0.3 is 10.1 Å². The summed E-state index contributed by atoms with van der Waals surface area (Å²) >= 11 is 0. The van der Waals surface area contributed by atoms with Crippen LogP contribution in [0.25, 0.3) is 0 Å². The van der Waals surface area contributed by atoms with Gasteiger partial charge in [0.15, 0.2) is 5.75 Å². The summed E-state index contributed by atoms with van der Waals surface area (Å²) in [6.07, 6.45) is 5.59. The largest absolute Gasteiger partial charge is 0.454 e. The Morgan fingerprint density at radius 3 is 2.90 bits per heavy atom. The van der Waals surface area contributed by atoms with Crippen LogP contribution in [-0.2, 0) is 13.1 Å². The highest BCUT2D eigenvalue weighted by molar-refractivity contribution is 5.37. The standard InChI is InChI=1S/C16H22FN3O/c1-3-7-18-10-13-9-14(17)5-6-16(13)21-15-11-19-20(12-15)8-4-2/h5-6,9,11-12,18H,3-4,7-8,10H2,1-2H3. The molecule has 0 aliphatic rings. The molecule has 2 aromatic rings.